The molecular formula is C21H26N4O4. The number of nitrogens with one attached hydrogen (secondary N) is 1. The number of nitrogens with zero attached hydrogens (tertiary/aromatic N) is 2. The maximum atomic E-state index is 12.4. The minimum Gasteiger partial charge on any atom is -0.484 e. The Morgan fingerprint density at radius 1 is 0.897 bits per heavy atom. The highest BCUT2D eigenvalue weighted by molar-refractivity contribution is 5.84. The first-order valence-electron chi connectivity index (χ1n) is 9.73. The van der Waals surface area contributed by atoms with E-state index in [1.54, 1.807) is 9.80 Å². The van der Waals surface area contributed by atoms with Crippen LogP contribution in [-0.2, 0) is 14.4 Å². The van der Waals surface area contributed by atoms with Crippen LogP contribution in [0.2, 0.25) is 0 Å². The van der Waals surface area contributed by atoms with Crippen LogP contribution in [0.4, 0.5) is 0 Å². The van der Waals surface area contributed by atoms with Gasteiger partial charge in [-0.3, -0.25) is 19.8 Å². The van der Waals surface area contributed by atoms with Gasteiger partial charge in [-0.2, -0.15) is 0 Å². The Morgan fingerprint density at radius 2 is 1.55 bits per heavy atom. The van der Waals surface area contributed by atoms with Gasteiger partial charge in [0.1, 0.15) is 5.75 Å². The van der Waals surface area contributed by atoms with E-state index in [9.17, 15) is 14.4 Å². The smallest absolute Gasteiger partial charge is 0.260 e. The Kier molecular flexibility index (Phi) is 7.02. The second kappa shape index (κ2) is 9.88. The number of fused-ring (bicyclic) bond motifs is 1. The summed E-state index contributed by atoms with van der Waals surface area (Å²) in [5.41, 5.74) is 2.05. The Bertz CT molecular complexity index is 878. The molecule has 8 nitrogen and oxygen atoms in total. The summed E-state index contributed by atoms with van der Waals surface area (Å²) in [5, 5.41) is 2.18. The van der Waals surface area contributed by atoms with Crippen LogP contribution in [0.15, 0.2) is 42.5 Å². The molecule has 154 valence electrons. The fourth-order valence-electron chi connectivity index (χ4n) is 3.33. The highest BCUT2D eigenvalue weighted by Gasteiger charge is 2.24. The predicted molar refractivity (Wildman–Crippen MR) is 109 cm³/mol. The standard InChI is InChI=1S/C21H26N4O4/c22-23-19(26)6-3-7-20(27)24-10-12-25(13-11-24)21(28)15-29-18-9-8-16-4-1-2-5-17(16)14-18/h1-2,4-5,8-9,14H,3,6-7,10-13,15,22H2,(H,23,26). The van der Waals surface area contributed by atoms with E-state index in [4.69, 9.17) is 10.6 Å². The van der Waals surface area contributed by atoms with Crippen LogP contribution in [0.1, 0.15) is 19.3 Å². The van der Waals surface area contributed by atoms with Gasteiger partial charge in [-0.15, -0.1) is 0 Å². The van der Waals surface area contributed by atoms with Gasteiger partial charge < -0.3 is 14.5 Å². The van der Waals surface area contributed by atoms with Crippen molar-refractivity contribution < 1.29 is 19.1 Å². The van der Waals surface area contributed by atoms with Gasteiger partial charge in [0.25, 0.3) is 5.91 Å². The first kappa shape index (κ1) is 20.6. The molecule has 3 N–H and O–H groups in total. The minimum absolute atomic E-state index is 0.00525. The van der Waals surface area contributed by atoms with Gasteiger partial charge in [0.15, 0.2) is 6.61 Å². The molecule has 29 heavy (non-hydrogen) atoms. The number of hydrogen-bond acceptors (Lipinski definition) is 5. The first-order valence-corrected chi connectivity index (χ1v) is 9.73. The second-order valence-corrected chi connectivity index (χ2v) is 6.98. The Hall–Kier alpha value is -3.13. The molecule has 2 aromatic carbocycles. The number of carbonyl (C=O) groups is 3. The molecule has 0 spiro atoms. The van der Waals surface area contributed by atoms with E-state index in [-0.39, 0.29) is 30.7 Å². The summed E-state index contributed by atoms with van der Waals surface area (Å²) in [4.78, 5) is 39.2. The van der Waals surface area contributed by atoms with Gasteiger partial charge in [-0.25, -0.2) is 5.84 Å². The van der Waals surface area contributed by atoms with Gasteiger partial charge in [0.05, 0.1) is 0 Å². The molecule has 0 saturated carbocycles. The molecule has 0 atom stereocenters. The zero-order valence-corrected chi connectivity index (χ0v) is 16.3. The van der Waals surface area contributed by atoms with E-state index < -0.39 is 0 Å². The molecule has 3 amide bonds. The van der Waals surface area contributed by atoms with Gasteiger partial charge in [0.2, 0.25) is 11.8 Å². The van der Waals surface area contributed by atoms with E-state index >= 15 is 0 Å². The van der Waals surface area contributed by atoms with Gasteiger partial charge >= 0.3 is 0 Å². The van der Waals surface area contributed by atoms with Gasteiger partial charge in [-0.05, 0) is 29.3 Å². The van der Waals surface area contributed by atoms with E-state index in [1.807, 2.05) is 47.9 Å². The van der Waals surface area contributed by atoms with Crippen molar-refractivity contribution in [1.82, 2.24) is 15.2 Å². The summed E-state index contributed by atoms with van der Waals surface area (Å²) in [7, 11) is 0. The Labute approximate surface area is 169 Å². The predicted octanol–water partition coefficient (Wildman–Crippen LogP) is 1.05. The third kappa shape index (κ3) is 5.68. The lowest BCUT2D eigenvalue weighted by Crippen LogP contribution is -2.51. The quantitative estimate of drug-likeness (QED) is 0.412. The van der Waals surface area contributed by atoms with E-state index in [2.05, 4.69) is 0 Å². The molecule has 1 fully saturated rings. The number of hydrazine groups is 1. The minimum atomic E-state index is -0.278. The third-order valence-electron chi connectivity index (χ3n) is 5.02. The monoisotopic (exact) mass is 398 g/mol. The molecule has 8 heteroatoms. The molecule has 2 aromatic rings. The zero-order chi connectivity index (χ0) is 20.6. The summed E-state index contributed by atoms with van der Waals surface area (Å²) in [6.45, 7) is 1.91. The fourth-order valence-corrected chi connectivity index (χ4v) is 3.33. The third-order valence-corrected chi connectivity index (χ3v) is 5.02. The SMILES string of the molecule is NNC(=O)CCCC(=O)N1CCN(C(=O)COc2ccc3ccccc3c2)CC1. The molecule has 3 rings (SSSR count). The first-order chi connectivity index (χ1) is 14.1. The number of amides is 3. The molecule has 0 aromatic heterocycles. The molecule has 0 aliphatic carbocycles. The van der Waals surface area contributed by atoms with Crippen LogP contribution in [0.25, 0.3) is 10.8 Å². The molecule has 1 aliphatic rings. The average Bonchev–Trinajstić information content (AvgIpc) is 2.77. The lowest BCUT2D eigenvalue weighted by molar-refractivity contribution is -0.140. The summed E-state index contributed by atoms with van der Waals surface area (Å²) < 4.78 is 5.67. The van der Waals surface area contributed by atoms with Crippen molar-refractivity contribution in [3.63, 3.8) is 0 Å². The number of benzene rings is 2. The Balaban J connectivity index is 1.41. The molecule has 1 heterocycles. The van der Waals surface area contributed by atoms with Crippen molar-refractivity contribution >= 4 is 28.5 Å². The summed E-state index contributed by atoms with van der Waals surface area (Å²) in [6, 6.07) is 13.7. The van der Waals surface area contributed by atoms with Crippen LogP contribution in [0.3, 0.4) is 0 Å². The van der Waals surface area contributed by atoms with Crippen molar-refractivity contribution in [2.75, 3.05) is 32.8 Å². The van der Waals surface area contributed by atoms with Crippen molar-refractivity contribution in [2.24, 2.45) is 5.84 Å². The van der Waals surface area contributed by atoms with Gasteiger partial charge in [0, 0.05) is 39.0 Å². The van der Waals surface area contributed by atoms with Gasteiger partial charge in [-0.1, -0.05) is 30.3 Å². The second-order valence-electron chi connectivity index (χ2n) is 6.98. The van der Waals surface area contributed by atoms with E-state index in [0.29, 0.717) is 44.8 Å². The normalized spacial score (nSPS) is 14.0. The zero-order valence-electron chi connectivity index (χ0n) is 16.3. The summed E-state index contributed by atoms with van der Waals surface area (Å²) in [6.07, 6.45) is 0.986. The van der Waals surface area contributed by atoms with Crippen molar-refractivity contribution in [1.29, 1.82) is 0 Å². The average molecular weight is 398 g/mol. The molecule has 0 unspecified atom stereocenters. The number of piperazine rings is 1. The van der Waals surface area contributed by atoms with E-state index in [0.717, 1.165) is 10.8 Å². The number of carbonyl (C=O) groups excluding carboxylic acids is 3. The topological polar surface area (TPSA) is 105 Å². The summed E-state index contributed by atoms with van der Waals surface area (Å²) in [5.74, 6) is 5.30. The van der Waals surface area contributed by atoms with Crippen molar-refractivity contribution in [3.8, 4) is 5.75 Å². The van der Waals surface area contributed by atoms with Crippen LogP contribution in [-0.4, -0.2) is 60.3 Å². The molecule has 1 saturated heterocycles. The van der Waals surface area contributed by atoms with Crippen LogP contribution >= 0.6 is 0 Å². The summed E-state index contributed by atoms with van der Waals surface area (Å²) >= 11 is 0. The lowest BCUT2D eigenvalue weighted by atomic mass is 10.1. The largest absolute Gasteiger partial charge is 0.484 e. The maximum absolute atomic E-state index is 12.4. The number of rotatable bonds is 7. The molecule has 0 bridgehead atoms. The Morgan fingerprint density at radius 3 is 2.24 bits per heavy atom. The number of hydrogen-bond donors (Lipinski definition) is 2. The molecule has 1 aliphatic heterocycles. The molecule has 0 radical (unpaired) electrons. The molecular weight excluding hydrogens is 372 g/mol. The fraction of sp³-hybridized carbons (Fsp3) is 0.381. The lowest BCUT2D eigenvalue weighted by Gasteiger charge is -2.34. The van der Waals surface area contributed by atoms with Crippen LogP contribution < -0.4 is 16.0 Å². The van der Waals surface area contributed by atoms with Crippen molar-refractivity contribution in [2.45, 2.75) is 19.3 Å². The number of nitrogens with two attached hydrogens (primary N) is 1. The van der Waals surface area contributed by atoms with Crippen molar-refractivity contribution in [3.05, 3.63) is 42.5 Å². The highest BCUT2D eigenvalue weighted by atomic mass is 16.5. The number of ether oxygens (including phenoxy) is 1. The highest BCUT2D eigenvalue weighted by Crippen LogP contribution is 2.20. The maximum Gasteiger partial charge on any atom is 0.260 e. The van der Waals surface area contributed by atoms with E-state index in [1.165, 1.54) is 0 Å². The van der Waals surface area contributed by atoms with Crippen LogP contribution in [0, 0.1) is 0 Å². The van der Waals surface area contributed by atoms with Crippen LogP contribution in [0.5, 0.6) is 5.75 Å².